The Labute approximate surface area is 125 Å². The van der Waals surface area contributed by atoms with Crippen LogP contribution >= 0.6 is 0 Å². The highest BCUT2D eigenvalue weighted by atomic mass is 19.4. The minimum atomic E-state index is -4.44. The molecule has 1 saturated carbocycles. The van der Waals surface area contributed by atoms with Gasteiger partial charge in [0.05, 0.1) is 6.61 Å². The molecule has 122 valence electrons. The van der Waals surface area contributed by atoms with Crippen LogP contribution in [0.5, 0.6) is 5.88 Å². The van der Waals surface area contributed by atoms with E-state index in [0.29, 0.717) is 31.9 Å². The van der Waals surface area contributed by atoms with Crippen LogP contribution in [0.25, 0.3) is 0 Å². The second-order valence-corrected chi connectivity index (χ2v) is 5.83. The van der Waals surface area contributed by atoms with Crippen molar-refractivity contribution in [1.82, 2.24) is 15.1 Å². The molecule has 1 aromatic heterocycles. The summed E-state index contributed by atoms with van der Waals surface area (Å²) >= 11 is 0. The van der Waals surface area contributed by atoms with Gasteiger partial charge in [-0.3, -0.25) is 4.79 Å². The van der Waals surface area contributed by atoms with Crippen molar-refractivity contribution in [2.75, 3.05) is 6.61 Å². The van der Waals surface area contributed by atoms with E-state index in [-0.39, 0.29) is 5.69 Å². The van der Waals surface area contributed by atoms with Gasteiger partial charge in [0.15, 0.2) is 5.69 Å². The number of aromatic nitrogens is 2. The molecule has 0 radical (unpaired) electrons. The van der Waals surface area contributed by atoms with Crippen molar-refractivity contribution in [3.63, 3.8) is 0 Å². The van der Waals surface area contributed by atoms with Gasteiger partial charge in [-0.2, -0.15) is 18.3 Å². The number of carbonyl (C=O) groups excluding carboxylic acids is 1. The summed E-state index contributed by atoms with van der Waals surface area (Å²) in [5.41, 5.74) is -0.0239. The fourth-order valence-electron chi connectivity index (χ4n) is 3.15. The largest absolute Gasteiger partial charge is 0.478 e. The van der Waals surface area contributed by atoms with Crippen molar-refractivity contribution in [2.45, 2.75) is 50.9 Å². The first-order valence-corrected chi connectivity index (χ1v) is 7.53. The first kappa shape index (κ1) is 15.2. The lowest BCUT2D eigenvalue weighted by molar-refractivity contribution is -0.164. The van der Waals surface area contributed by atoms with E-state index in [1.165, 1.54) is 10.7 Å². The fourth-order valence-corrected chi connectivity index (χ4v) is 3.15. The second kappa shape index (κ2) is 5.81. The number of ether oxygens (including phenoxy) is 1. The summed E-state index contributed by atoms with van der Waals surface area (Å²) in [7, 11) is 0. The molecule has 1 unspecified atom stereocenters. The Kier molecular flexibility index (Phi) is 4.01. The fraction of sp³-hybridized carbons (Fsp3) is 0.714. The summed E-state index contributed by atoms with van der Waals surface area (Å²) in [5.74, 6) is -0.905. The van der Waals surface area contributed by atoms with Gasteiger partial charge in [0, 0.05) is 19.0 Å². The molecule has 1 aliphatic heterocycles. The number of rotatable bonds is 3. The lowest BCUT2D eigenvalue weighted by Crippen LogP contribution is -2.49. The summed E-state index contributed by atoms with van der Waals surface area (Å²) in [4.78, 5) is 12.1. The van der Waals surface area contributed by atoms with E-state index < -0.39 is 24.0 Å². The van der Waals surface area contributed by atoms with E-state index in [2.05, 4.69) is 10.4 Å². The van der Waals surface area contributed by atoms with Crippen LogP contribution < -0.4 is 10.1 Å². The third-order valence-electron chi connectivity index (χ3n) is 4.25. The quantitative estimate of drug-likeness (QED) is 0.932. The number of halogens is 3. The van der Waals surface area contributed by atoms with Crippen LogP contribution in [0.1, 0.15) is 42.6 Å². The molecular formula is C14H18F3N3O2. The number of nitrogens with one attached hydrogen (secondary N) is 1. The van der Waals surface area contributed by atoms with E-state index in [9.17, 15) is 18.0 Å². The Balaban J connectivity index is 1.74. The zero-order chi connectivity index (χ0) is 15.7. The van der Waals surface area contributed by atoms with E-state index in [4.69, 9.17) is 4.74 Å². The standard InChI is InChI=1S/C14H18F3N3O2/c15-14(16,17)12(9-4-1-2-5-9)18-13(21)10-8-11-20(19-10)6-3-7-22-11/h8-9,12H,1-7H2,(H,18,21). The van der Waals surface area contributed by atoms with Gasteiger partial charge < -0.3 is 10.1 Å². The van der Waals surface area contributed by atoms with Crippen molar-refractivity contribution in [2.24, 2.45) is 5.92 Å². The monoisotopic (exact) mass is 317 g/mol. The van der Waals surface area contributed by atoms with Gasteiger partial charge in [0.1, 0.15) is 6.04 Å². The van der Waals surface area contributed by atoms with Crippen molar-refractivity contribution in [3.8, 4) is 5.88 Å². The zero-order valence-corrected chi connectivity index (χ0v) is 12.0. The Morgan fingerprint density at radius 2 is 2.09 bits per heavy atom. The maximum atomic E-state index is 13.2. The Hall–Kier alpha value is -1.73. The highest BCUT2D eigenvalue weighted by Gasteiger charge is 2.46. The molecule has 1 fully saturated rings. The van der Waals surface area contributed by atoms with Crippen LogP contribution in [0.2, 0.25) is 0 Å². The lowest BCUT2D eigenvalue weighted by Gasteiger charge is -2.26. The maximum Gasteiger partial charge on any atom is 0.408 e. The molecule has 8 heteroatoms. The summed E-state index contributed by atoms with van der Waals surface area (Å²) in [6, 6.07) is -0.404. The van der Waals surface area contributed by atoms with Gasteiger partial charge in [0.25, 0.3) is 5.91 Å². The maximum absolute atomic E-state index is 13.2. The molecule has 2 aliphatic rings. The molecule has 2 heterocycles. The van der Waals surface area contributed by atoms with Gasteiger partial charge in [-0.1, -0.05) is 12.8 Å². The van der Waals surface area contributed by atoms with Gasteiger partial charge in [-0.05, 0) is 18.8 Å². The van der Waals surface area contributed by atoms with Gasteiger partial charge in [-0.25, -0.2) is 4.68 Å². The lowest BCUT2D eigenvalue weighted by atomic mass is 9.97. The molecule has 1 aromatic rings. The third-order valence-corrected chi connectivity index (χ3v) is 4.25. The highest BCUT2D eigenvalue weighted by Crippen LogP contribution is 2.35. The number of hydrogen-bond acceptors (Lipinski definition) is 3. The van der Waals surface area contributed by atoms with Crippen LogP contribution in [0.3, 0.4) is 0 Å². The molecule has 3 rings (SSSR count). The molecule has 1 N–H and O–H groups in total. The molecule has 22 heavy (non-hydrogen) atoms. The summed E-state index contributed by atoms with van der Waals surface area (Å²) in [5, 5.41) is 6.15. The summed E-state index contributed by atoms with van der Waals surface area (Å²) in [6.07, 6.45) is -1.14. The number of fused-ring (bicyclic) bond motifs is 1. The molecule has 1 aliphatic carbocycles. The first-order chi connectivity index (χ1) is 10.4. The number of aryl methyl sites for hydroxylation is 1. The van der Waals surface area contributed by atoms with Crippen molar-refractivity contribution < 1.29 is 22.7 Å². The number of carbonyl (C=O) groups is 1. The van der Waals surface area contributed by atoms with Crippen LogP contribution in [-0.2, 0) is 6.54 Å². The van der Waals surface area contributed by atoms with Crippen LogP contribution in [-0.4, -0.2) is 34.5 Å². The normalized spacial score (nSPS) is 20.3. The average Bonchev–Trinajstić information content (AvgIpc) is 3.12. The molecular weight excluding hydrogens is 299 g/mol. The van der Waals surface area contributed by atoms with Crippen LogP contribution in [0.15, 0.2) is 6.07 Å². The molecule has 5 nitrogen and oxygen atoms in total. The predicted octanol–water partition coefficient (Wildman–Crippen LogP) is 2.52. The third kappa shape index (κ3) is 3.05. The molecule has 1 atom stereocenters. The van der Waals surface area contributed by atoms with E-state index in [0.717, 1.165) is 19.3 Å². The molecule has 0 bridgehead atoms. The second-order valence-electron chi connectivity index (χ2n) is 5.83. The number of alkyl halides is 3. The molecule has 1 amide bonds. The highest BCUT2D eigenvalue weighted by molar-refractivity contribution is 5.92. The van der Waals surface area contributed by atoms with Crippen molar-refractivity contribution in [1.29, 1.82) is 0 Å². The Bertz CT molecular complexity index is 527. The Morgan fingerprint density at radius 3 is 2.73 bits per heavy atom. The molecule has 0 spiro atoms. The smallest absolute Gasteiger partial charge is 0.408 e. The van der Waals surface area contributed by atoms with E-state index >= 15 is 0 Å². The summed E-state index contributed by atoms with van der Waals surface area (Å²) in [6.45, 7) is 1.13. The molecule has 0 saturated heterocycles. The first-order valence-electron chi connectivity index (χ1n) is 7.53. The number of amides is 1. The minimum absolute atomic E-state index is 0.0239. The van der Waals surface area contributed by atoms with E-state index in [1.807, 2.05) is 0 Å². The SMILES string of the molecule is O=C(NC(C1CCCC1)C(F)(F)F)c1cc2n(n1)CCCO2. The van der Waals surface area contributed by atoms with Crippen LogP contribution in [0.4, 0.5) is 13.2 Å². The molecule has 0 aromatic carbocycles. The van der Waals surface area contributed by atoms with Gasteiger partial charge >= 0.3 is 6.18 Å². The van der Waals surface area contributed by atoms with Crippen molar-refractivity contribution in [3.05, 3.63) is 11.8 Å². The topological polar surface area (TPSA) is 56.2 Å². The van der Waals surface area contributed by atoms with Crippen LogP contribution in [0, 0.1) is 5.92 Å². The number of hydrogen-bond donors (Lipinski definition) is 1. The van der Waals surface area contributed by atoms with Gasteiger partial charge in [-0.15, -0.1) is 0 Å². The Morgan fingerprint density at radius 1 is 1.36 bits per heavy atom. The summed E-state index contributed by atoms with van der Waals surface area (Å²) < 4.78 is 46.5. The average molecular weight is 317 g/mol. The van der Waals surface area contributed by atoms with E-state index in [1.54, 1.807) is 0 Å². The predicted molar refractivity (Wildman–Crippen MR) is 71.6 cm³/mol. The minimum Gasteiger partial charge on any atom is -0.478 e. The van der Waals surface area contributed by atoms with Gasteiger partial charge in [0.2, 0.25) is 5.88 Å². The zero-order valence-electron chi connectivity index (χ0n) is 12.0. The van der Waals surface area contributed by atoms with Crippen molar-refractivity contribution >= 4 is 5.91 Å². The number of nitrogens with zero attached hydrogens (tertiary/aromatic N) is 2.